The SMILES string of the molecule is COCCN(c1ccc(/C(C#N)=N/OC(C)=O)cc1)c1ccc([N+](=O)[O-])cc1. The predicted molar refractivity (Wildman–Crippen MR) is 102 cm³/mol. The number of nitro groups is 1. The highest BCUT2D eigenvalue weighted by atomic mass is 16.7. The summed E-state index contributed by atoms with van der Waals surface area (Å²) in [5.74, 6) is -0.617. The number of rotatable bonds is 8. The first-order valence-electron chi connectivity index (χ1n) is 8.23. The fourth-order valence-electron chi connectivity index (χ4n) is 2.39. The lowest BCUT2D eigenvalue weighted by molar-refractivity contribution is -0.384. The average Bonchev–Trinajstić information content (AvgIpc) is 2.70. The maximum Gasteiger partial charge on any atom is 0.332 e. The predicted octanol–water partition coefficient (Wildman–Crippen LogP) is 3.17. The maximum absolute atomic E-state index is 10.9. The number of oxime groups is 1. The van der Waals surface area contributed by atoms with Crippen molar-refractivity contribution >= 4 is 28.7 Å². The van der Waals surface area contributed by atoms with Gasteiger partial charge in [0.2, 0.25) is 0 Å². The van der Waals surface area contributed by atoms with Crippen molar-refractivity contribution in [2.75, 3.05) is 25.2 Å². The molecule has 0 saturated carbocycles. The molecule has 0 aromatic heterocycles. The molecule has 0 spiro atoms. The Hall–Kier alpha value is -3.77. The van der Waals surface area contributed by atoms with Crippen LogP contribution < -0.4 is 4.90 Å². The van der Waals surface area contributed by atoms with Crippen LogP contribution in [0.25, 0.3) is 0 Å². The lowest BCUT2D eigenvalue weighted by atomic mass is 10.1. The Morgan fingerprint density at radius 3 is 2.21 bits per heavy atom. The van der Waals surface area contributed by atoms with Crippen LogP contribution in [0, 0.1) is 21.4 Å². The number of hydrogen-bond donors (Lipinski definition) is 0. The zero-order chi connectivity index (χ0) is 20.5. The molecule has 9 heteroatoms. The molecule has 0 aliphatic heterocycles. The Labute approximate surface area is 161 Å². The maximum atomic E-state index is 10.9. The van der Waals surface area contributed by atoms with E-state index in [1.54, 1.807) is 43.5 Å². The van der Waals surface area contributed by atoms with Crippen LogP contribution in [0.4, 0.5) is 17.1 Å². The monoisotopic (exact) mass is 382 g/mol. The van der Waals surface area contributed by atoms with Gasteiger partial charge in [0.05, 0.1) is 11.5 Å². The minimum absolute atomic E-state index is 0.00568. The number of nitriles is 1. The second kappa shape index (κ2) is 9.80. The van der Waals surface area contributed by atoms with Gasteiger partial charge < -0.3 is 14.5 Å². The molecule has 0 radical (unpaired) electrons. The van der Waals surface area contributed by atoms with Gasteiger partial charge in [0, 0.05) is 49.6 Å². The Kier molecular flexibility index (Phi) is 7.19. The first kappa shape index (κ1) is 20.5. The summed E-state index contributed by atoms with van der Waals surface area (Å²) in [6.07, 6.45) is 0. The molecule has 2 aromatic rings. The van der Waals surface area contributed by atoms with Crippen LogP contribution >= 0.6 is 0 Å². The van der Waals surface area contributed by atoms with Gasteiger partial charge in [-0.1, -0.05) is 5.16 Å². The molecule has 0 atom stereocenters. The first-order chi connectivity index (χ1) is 13.5. The standard InChI is InChI=1S/C19H18N4O5/c1-14(24)28-21-19(13-20)15-3-5-16(6-4-15)22(11-12-27-2)17-7-9-18(10-8-17)23(25)26/h3-10H,11-12H2,1-2H3/b21-19+. The molecule has 0 aliphatic carbocycles. The van der Waals surface area contributed by atoms with Crippen LogP contribution in [0.3, 0.4) is 0 Å². The van der Waals surface area contributed by atoms with Crippen molar-refractivity contribution in [1.29, 1.82) is 5.26 Å². The summed E-state index contributed by atoms with van der Waals surface area (Å²) in [5.41, 5.74) is 2.01. The molecule has 144 valence electrons. The van der Waals surface area contributed by atoms with Gasteiger partial charge in [0.15, 0.2) is 5.71 Å². The van der Waals surface area contributed by atoms with E-state index < -0.39 is 10.9 Å². The number of nitro benzene ring substituents is 1. The highest BCUT2D eigenvalue weighted by Gasteiger charge is 2.13. The number of hydrogen-bond acceptors (Lipinski definition) is 8. The van der Waals surface area contributed by atoms with Gasteiger partial charge in [-0.3, -0.25) is 10.1 Å². The number of methoxy groups -OCH3 is 1. The topological polar surface area (TPSA) is 118 Å². The number of non-ortho nitro benzene ring substituents is 1. The Balaban J connectivity index is 2.31. The van der Waals surface area contributed by atoms with E-state index in [-0.39, 0.29) is 11.4 Å². The summed E-state index contributed by atoms with van der Waals surface area (Å²) in [6.45, 7) is 2.15. The summed E-state index contributed by atoms with van der Waals surface area (Å²) in [7, 11) is 1.59. The van der Waals surface area contributed by atoms with E-state index in [0.29, 0.717) is 18.7 Å². The molecule has 9 nitrogen and oxygen atoms in total. The quantitative estimate of drug-likeness (QED) is 0.298. The molecular formula is C19H18N4O5. The van der Waals surface area contributed by atoms with Crippen LogP contribution in [-0.2, 0) is 14.4 Å². The second-order valence-electron chi connectivity index (χ2n) is 5.60. The number of ether oxygens (including phenoxy) is 1. The highest BCUT2D eigenvalue weighted by Crippen LogP contribution is 2.27. The normalized spacial score (nSPS) is 10.8. The summed E-state index contributed by atoms with van der Waals surface area (Å²) >= 11 is 0. The zero-order valence-corrected chi connectivity index (χ0v) is 15.4. The van der Waals surface area contributed by atoms with Gasteiger partial charge in [-0.15, -0.1) is 0 Å². The molecule has 0 aliphatic rings. The Bertz CT molecular complexity index is 901. The molecule has 0 N–H and O–H groups in total. The van der Waals surface area contributed by atoms with E-state index in [4.69, 9.17) is 4.74 Å². The second-order valence-corrected chi connectivity index (χ2v) is 5.60. The number of benzene rings is 2. The third kappa shape index (κ3) is 5.36. The van der Waals surface area contributed by atoms with E-state index in [1.165, 1.54) is 19.1 Å². The van der Waals surface area contributed by atoms with Crippen molar-refractivity contribution < 1.29 is 19.3 Å². The Morgan fingerprint density at radius 1 is 1.18 bits per heavy atom. The minimum Gasteiger partial charge on any atom is -0.383 e. The summed E-state index contributed by atoms with van der Waals surface area (Å²) in [4.78, 5) is 27.7. The van der Waals surface area contributed by atoms with E-state index in [1.807, 2.05) is 11.0 Å². The van der Waals surface area contributed by atoms with Crippen LogP contribution in [-0.4, -0.2) is 36.9 Å². The molecule has 0 saturated heterocycles. The van der Waals surface area contributed by atoms with Crippen molar-refractivity contribution in [3.05, 3.63) is 64.2 Å². The molecule has 0 heterocycles. The fraction of sp³-hybridized carbons (Fsp3) is 0.211. The average molecular weight is 382 g/mol. The summed E-state index contributed by atoms with van der Waals surface area (Å²) in [6, 6.07) is 14.9. The molecular weight excluding hydrogens is 364 g/mol. The van der Waals surface area contributed by atoms with Gasteiger partial charge in [-0.05, 0) is 36.4 Å². The van der Waals surface area contributed by atoms with E-state index in [9.17, 15) is 20.2 Å². The van der Waals surface area contributed by atoms with Crippen LogP contribution in [0.5, 0.6) is 0 Å². The Morgan fingerprint density at radius 2 is 1.75 bits per heavy atom. The fourth-order valence-corrected chi connectivity index (χ4v) is 2.39. The highest BCUT2D eigenvalue weighted by molar-refractivity contribution is 6.11. The van der Waals surface area contributed by atoms with Gasteiger partial charge >= 0.3 is 5.97 Å². The molecule has 2 aromatic carbocycles. The minimum atomic E-state index is -0.617. The third-order valence-corrected chi connectivity index (χ3v) is 3.72. The van der Waals surface area contributed by atoms with E-state index in [0.717, 1.165) is 11.4 Å². The van der Waals surface area contributed by atoms with Crippen molar-refractivity contribution in [3.63, 3.8) is 0 Å². The van der Waals surface area contributed by atoms with E-state index >= 15 is 0 Å². The van der Waals surface area contributed by atoms with Crippen LogP contribution in [0.2, 0.25) is 0 Å². The summed E-state index contributed by atoms with van der Waals surface area (Å²) in [5, 5.41) is 23.6. The molecule has 0 unspecified atom stereocenters. The first-order valence-corrected chi connectivity index (χ1v) is 8.23. The smallest absolute Gasteiger partial charge is 0.332 e. The third-order valence-electron chi connectivity index (χ3n) is 3.72. The molecule has 28 heavy (non-hydrogen) atoms. The number of anilines is 2. The molecule has 0 amide bonds. The lowest BCUT2D eigenvalue weighted by Crippen LogP contribution is -2.22. The van der Waals surface area contributed by atoms with Crippen molar-refractivity contribution in [2.24, 2.45) is 5.16 Å². The van der Waals surface area contributed by atoms with Gasteiger partial charge in [-0.25, -0.2) is 4.79 Å². The van der Waals surface area contributed by atoms with Crippen LogP contribution in [0.1, 0.15) is 12.5 Å². The number of carbonyl (C=O) groups is 1. The zero-order valence-electron chi connectivity index (χ0n) is 15.4. The molecule has 0 bridgehead atoms. The van der Waals surface area contributed by atoms with Crippen molar-refractivity contribution in [1.82, 2.24) is 0 Å². The van der Waals surface area contributed by atoms with Crippen molar-refractivity contribution in [3.8, 4) is 6.07 Å². The molecule has 2 rings (SSSR count). The van der Waals surface area contributed by atoms with Gasteiger partial charge in [0.25, 0.3) is 5.69 Å². The van der Waals surface area contributed by atoms with Crippen molar-refractivity contribution in [2.45, 2.75) is 6.92 Å². The lowest BCUT2D eigenvalue weighted by Gasteiger charge is -2.24. The van der Waals surface area contributed by atoms with Gasteiger partial charge in [0.1, 0.15) is 6.07 Å². The number of nitrogens with zero attached hydrogens (tertiary/aromatic N) is 4. The van der Waals surface area contributed by atoms with E-state index in [2.05, 4.69) is 9.99 Å². The van der Waals surface area contributed by atoms with Crippen LogP contribution in [0.15, 0.2) is 53.7 Å². The van der Waals surface area contributed by atoms with Gasteiger partial charge in [-0.2, -0.15) is 5.26 Å². The number of carbonyl (C=O) groups excluding carboxylic acids is 1. The summed E-state index contributed by atoms with van der Waals surface area (Å²) < 4.78 is 5.15. The molecule has 0 fully saturated rings. The largest absolute Gasteiger partial charge is 0.383 e.